The second-order valence-electron chi connectivity index (χ2n) is 5.28. The predicted molar refractivity (Wildman–Crippen MR) is 93.4 cm³/mol. The number of anilines is 1. The Morgan fingerprint density at radius 3 is 2.40 bits per heavy atom. The number of amides is 1. The van der Waals surface area contributed by atoms with Gasteiger partial charge in [-0.2, -0.15) is 0 Å². The van der Waals surface area contributed by atoms with Gasteiger partial charge in [0.05, 0.1) is 0 Å². The molecule has 0 saturated carbocycles. The molecule has 1 aliphatic rings. The summed E-state index contributed by atoms with van der Waals surface area (Å²) in [5, 5.41) is 2.38. The quantitative estimate of drug-likeness (QED) is 0.438. The van der Waals surface area contributed by atoms with Crippen LogP contribution in [0.5, 0.6) is 5.75 Å². The van der Waals surface area contributed by atoms with Gasteiger partial charge in [0.1, 0.15) is 11.8 Å². The van der Waals surface area contributed by atoms with E-state index in [0.29, 0.717) is 30.6 Å². The number of nitrogens with one attached hydrogen (secondary N) is 1. The van der Waals surface area contributed by atoms with Crippen molar-refractivity contribution in [1.29, 1.82) is 0 Å². The van der Waals surface area contributed by atoms with Crippen LogP contribution in [0.4, 0.5) is 10.5 Å². The number of rotatable bonds is 7. The molecule has 2 rings (SSSR count). The van der Waals surface area contributed by atoms with Crippen LogP contribution in [0.25, 0.3) is 0 Å². The lowest BCUT2D eigenvalue weighted by Crippen LogP contribution is -2.46. The lowest BCUT2D eigenvalue weighted by molar-refractivity contribution is -0.165. The number of halogens is 2. The molecule has 1 amide bonds. The highest BCUT2D eigenvalue weighted by Crippen LogP contribution is 2.20. The first-order chi connectivity index (χ1) is 12.0. The Morgan fingerprint density at radius 1 is 1.20 bits per heavy atom. The Labute approximate surface area is 155 Å². The van der Waals surface area contributed by atoms with Gasteiger partial charge in [-0.1, -0.05) is 0 Å². The molecule has 1 saturated heterocycles. The first kappa shape index (κ1) is 19.3. The van der Waals surface area contributed by atoms with Crippen LogP contribution in [-0.2, 0) is 14.3 Å². The van der Waals surface area contributed by atoms with Crippen molar-refractivity contribution in [2.75, 3.05) is 29.7 Å². The molecule has 0 bridgehead atoms. The molecule has 25 heavy (non-hydrogen) atoms. The number of alkyl halides is 2. The molecule has 1 heterocycles. The minimum Gasteiger partial charge on any atom is -0.410 e. The molecule has 1 fully saturated rings. The minimum atomic E-state index is -0.882. The number of carbonyl (C=O) groups excluding carboxylic acids is 3. The number of benzene rings is 1. The summed E-state index contributed by atoms with van der Waals surface area (Å²) < 4.78 is 9.60. The van der Waals surface area contributed by atoms with E-state index in [1.807, 2.05) is 4.90 Å². The average molecular weight is 389 g/mol. The van der Waals surface area contributed by atoms with Gasteiger partial charge in [-0.3, -0.25) is 4.79 Å². The third-order valence-corrected chi connectivity index (χ3v) is 3.89. The summed E-state index contributed by atoms with van der Waals surface area (Å²) in [7, 11) is 0. The molecule has 0 radical (unpaired) electrons. The van der Waals surface area contributed by atoms with E-state index in [1.54, 1.807) is 24.3 Å². The van der Waals surface area contributed by atoms with Crippen molar-refractivity contribution in [3.8, 4) is 5.75 Å². The number of carbonyl (C=O) groups is 3. The van der Waals surface area contributed by atoms with Crippen molar-refractivity contribution in [3.05, 3.63) is 24.3 Å². The zero-order chi connectivity index (χ0) is 18.2. The summed E-state index contributed by atoms with van der Waals surface area (Å²) in [6, 6.07) is 5.96. The number of cyclic esters (lactones) is 2. The molecule has 0 aromatic heterocycles. The lowest BCUT2D eigenvalue weighted by Gasteiger charge is -2.23. The molecule has 1 aromatic rings. The monoisotopic (exact) mass is 388 g/mol. The zero-order valence-corrected chi connectivity index (χ0v) is 14.9. The van der Waals surface area contributed by atoms with E-state index in [-0.39, 0.29) is 12.8 Å². The van der Waals surface area contributed by atoms with Gasteiger partial charge in [0.15, 0.2) is 0 Å². The highest BCUT2D eigenvalue weighted by molar-refractivity contribution is 6.18. The molecule has 7 nitrogen and oxygen atoms in total. The van der Waals surface area contributed by atoms with Gasteiger partial charge in [0, 0.05) is 37.0 Å². The van der Waals surface area contributed by atoms with Crippen molar-refractivity contribution < 1.29 is 23.9 Å². The Kier molecular flexibility index (Phi) is 7.33. The highest BCUT2D eigenvalue weighted by atomic mass is 35.5. The van der Waals surface area contributed by atoms with Crippen LogP contribution < -0.4 is 15.0 Å². The zero-order valence-electron chi connectivity index (χ0n) is 13.4. The fourth-order valence-corrected chi connectivity index (χ4v) is 2.73. The van der Waals surface area contributed by atoms with Gasteiger partial charge in [0.25, 0.3) is 0 Å². The van der Waals surface area contributed by atoms with Crippen LogP contribution in [0, 0.1) is 0 Å². The maximum absolute atomic E-state index is 11.9. The van der Waals surface area contributed by atoms with Crippen LogP contribution in [0.15, 0.2) is 24.3 Å². The van der Waals surface area contributed by atoms with Crippen molar-refractivity contribution in [1.82, 2.24) is 5.32 Å². The second kappa shape index (κ2) is 9.48. The lowest BCUT2D eigenvalue weighted by atomic mass is 10.1. The highest BCUT2D eigenvalue weighted by Gasteiger charge is 2.30. The van der Waals surface area contributed by atoms with Crippen LogP contribution >= 0.6 is 23.2 Å². The Hall–Kier alpha value is -1.99. The van der Waals surface area contributed by atoms with E-state index in [4.69, 9.17) is 27.9 Å². The molecule has 1 aliphatic heterocycles. The normalized spacial score (nSPS) is 17.0. The van der Waals surface area contributed by atoms with Crippen LogP contribution in [0.1, 0.15) is 12.8 Å². The summed E-state index contributed by atoms with van der Waals surface area (Å²) in [6.45, 7) is 1.30. The Morgan fingerprint density at radius 2 is 1.84 bits per heavy atom. The van der Waals surface area contributed by atoms with Crippen molar-refractivity contribution in [2.45, 2.75) is 18.9 Å². The topological polar surface area (TPSA) is 84.9 Å². The fourth-order valence-electron chi connectivity index (χ4n) is 2.32. The number of hydrogen-bond acceptors (Lipinski definition) is 6. The smallest absolute Gasteiger partial charge is 0.410 e. The summed E-state index contributed by atoms with van der Waals surface area (Å²) in [5.41, 5.74) is 0.906. The van der Waals surface area contributed by atoms with E-state index in [2.05, 4.69) is 10.1 Å². The van der Waals surface area contributed by atoms with Crippen molar-refractivity contribution in [2.24, 2.45) is 0 Å². The number of nitrogens with zero attached hydrogens (tertiary/aromatic N) is 1. The van der Waals surface area contributed by atoms with Gasteiger partial charge < -0.3 is 19.7 Å². The van der Waals surface area contributed by atoms with E-state index in [0.717, 1.165) is 5.69 Å². The van der Waals surface area contributed by atoms with Gasteiger partial charge in [0.2, 0.25) is 0 Å². The Bertz CT molecular complexity index is 617. The number of ether oxygens (including phenoxy) is 2. The van der Waals surface area contributed by atoms with Gasteiger partial charge >= 0.3 is 18.0 Å². The maximum Gasteiger partial charge on any atom is 0.413 e. The minimum absolute atomic E-state index is 0.0718. The molecule has 1 atom stereocenters. The van der Waals surface area contributed by atoms with Crippen LogP contribution in [0.3, 0.4) is 0 Å². The summed E-state index contributed by atoms with van der Waals surface area (Å²) in [6.07, 6.45) is -0.526. The average Bonchev–Trinajstić information content (AvgIpc) is 2.58. The predicted octanol–water partition coefficient (Wildman–Crippen LogP) is 2.29. The first-order valence-electron chi connectivity index (χ1n) is 7.73. The molecular formula is C16H18Cl2N2O5. The van der Waals surface area contributed by atoms with Crippen molar-refractivity contribution >= 4 is 46.9 Å². The van der Waals surface area contributed by atoms with E-state index < -0.39 is 24.1 Å². The molecule has 0 unspecified atom stereocenters. The van der Waals surface area contributed by atoms with Gasteiger partial charge in [-0.25, -0.2) is 9.59 Å². The van der Waals surface area contributed by atoms with Crippen LogP contribution in [-0.4, -0.2) is 48.9 Å². The molecule has 9 heteroatoms. The van der Waals surface area contributed by atoms with E-state index >= 15 is 0 Å². The van der Waals surface area contributed by atoms with Crippen molar-refractivity contribution in [3.63, 3.8) is 0 Å². The van der Waals surface area contributed by atoms with E-state index in [9.17, 15) is 14.4 Å². The molecular weight excluding hydrogens is 371 g/mol. The fraction of sp³-hybridized carbons (Fsp3) is 0.438. The first-order valence-corrected chi connectivity index (χ1v) is 8.80. The second-order valence-corrected chi connectivity index (χ2v) is 6.03. The SMILES string of the molecule is O=C1CC[C@H](NC(=O)Oc2ccc(N(CCCl)CCCl)cc2)C(=O)O1. The van der Waals surface area contributed by atoms with Crippen LogP contribution in [0.2, 0.25) is 0 Å². The number of esters is 2. The van der Waals surface area contributed by atoms with E-state index in [1.165, 1.54) is 0 Å². The molecule has 0 aliphatic carbocycles. The third-order valence-electron chi connectivity index (χ3n) is 3.55. The summed E-state index contributed by atoms with van der Waals surface area (Å²) >= 11 is 11.5. The summed E-state index contributed by atoms with van der Waals surface area (Å²) in [4.78, 5) is 36.3. The Balaban J connectivity index is 1.90. The van der Waals surface area contributed by atoms with Gasteiger partial charge in [-0.15, -0.1) is 23.2 Å². The molecule has 1 aromatic carbocycles. The largest absolute Gasteiger partial charge is 0.413 e. The molecule has 1 N–H and O–H groups in total. The maximum atomic E-state index is 11.9. The standard InChI is InChI=1S/C16H18Cl2N2O5/c17-7-9-20(10-8-18)11-1-3-12(4-2-11)24-16(23)19-13-5-6-14(21)25-15(13)22/h1-4,13H,5-10H2,(H,19,23)/t13-/m0/s1. The molecule has 0 spiro atoms. The summed E-state index contributed by atoms with van der Waals surface area (Å²) in [5.74, 6) is -0.111. The third kappa shape index (κ3) is 5.79. The van der Waals surface area contributed by atoms with Gasteiger partial charge in [-0.05, 0) is 30.7 Å². The number of hydrogen-bond donors (Lipinski definition) is 1. The molecule has 136 valence electrons.